The molecule has 0 amide bonds. The molecule has 3 aromatic heterocycles. The molecule has 0 saturated carbocycles. The van der Waals surface area contributed by atoms with Gasteiger partial charge in [-0.2, -0.15) is 15.1 Å². The number of hydrogen-bond donors (Lipinski definition) is 2. The van der Waals surface area contributed by atoms with E-state index in [0.717, 1.165) is 42.5 Å². The van der Waals surface area contributed by atoms with Gasteiger partial charge in [-0.1, -0.05) is 38.4 Å². The minimum atomic E-state index is -0.229. The number of aldehydes is 1. The zero-order valence-electron chi connectivity index (χ0n) is 22.2. The van der Waals surface area contributed by atoms with Gasteiger partial charge in [-0.3, -0.25) is 9.48 Å². The third-order valence-electron chi connectivity index (χ3n) is 6.14. The second-order valence-electron chi connectivity index (χ2n) is 10.1. The molecule has 38 heavy (non-hydrogen) atoms. The molecule has 200 valence electrons. The van der Waals surface area contributed by atoms with Gasteiger partial charge in [0.15, 0.2) is 12.1 Å². The van der Waals surface area contributed by atoms with E-state index in [9.17, 15) is 4.79 Å². The van der Waals surface area contributed by atoms with E-state index >= 15 is 4.39 Å². The SMILES string of the molecule is CC(C)(C)c1nc(C=O)no1.CNC1CCCCc2c1ccc(-c1ncnc(Nc3cnn(C)c3)n1)c2F. The Bertz CT molecular complexity index is 1390. The van der Waals surface area contributed by atoms with Gasteiger partial charge in [0.1, 0.15) is 12.1 Å². The van der Waals surface area contributed by atoms with E-state index in [1.807, 2.05) is 47.1 Å². The molecule has 0 aliphatic heterocycles. The molecule has 5 rings (SSSR count). The Balaban J connectivity index is 0.000000257. The van der Waals surface area contributed by atoms with Crippen LogP contribution in [-0.2, 0) is 18.9 Å². The summed E-state index contributed by atoms with van der Waals surface area (Å²) in [5.74, 6) is 1.04. The van der Waals surface area contributed by atoms with Crippen molar-refractivity contribution in [3.63, 3.8) is 0 Å². The summed E-state index contributed by atoms with van der Waals surface area (Å²) in [4.78, 5) is 26.7. The molecule has 0 fully saturated rings. The predicted molar refractivity (Wildman–Crippen MR) is 139 cm³/mol. The minimum Gasteiger partial charge on any atom is -0.338 e. The van der Waals surface area contributed by atoms with Crippen LogP contribution in [-0.4, -0.2) is 48.2 Å². The zero-order chi connectivity index (χ0) is 27.3. The Labute approximate surface area is 220 Å². The number of fused-ring (bicyclic) bond motifs is 1. The largest absolute Gasteiger partial charge is 0.338 e. The lowest BCUT2D eigenvalue weighted by atomic mass is 9.96. The summed E-state index contributed by atoms with van der Waals surface area (Å²) >= 11 is 0. The van der Waals surface area contributed by atoms with Crippen LogP contribution >= 0.6 is 0 Å². The van der Waals surface area contributed by atoms with Crippen molar-refractivity contribution in [2.75, 3.05) is 12.4 Å². The Hall–Kier alpha value is -4.06. The molecular weight excluding hydrogens is 489 g/mol. The van der Waals surface area contributed by atoms with Crippen molar-refractivity contribution in [2.45, 2.75) is 57.9 Å². The Morgan fingerprint density at radius 1 is 1.18 bits per heavy atom. The standard InChI is InChI=1S/C19H22FN7.C7H10N2O2/c1-21-16-6-4-3-5-14-13(16)7-8-15(17(14)20)18-22-11-23-19(26-18)25-12-9-24-27(2)10-12;1-7(2,3)6-8-5(4-10)9-11-6/h7-11,16,21H,3-6H2,1-2H3,(H,22,23,25,26);4H,1-3H3. The second-order valence-corrected chi connectivity index (χ2v) is 10.1. The maximum absolute atomic E-state index is 15.3. The van der Waals surface area contributed by atoms with Crippen LogP contribution in [0.25, 0.3) is 11.4 Å². The van der Waals surface area contributed by atoms with Crippen LogP contribution in [0.4, 0.5) is 16.0 Å². The minimum absolute atomic E-state index is 0.106. The van der Waals surface area contributed by atoms with Gasteiger partial charge >= 0.3 is 0 Å². The van der Waals surface area contributed by atoms with E-state index < -0.39 is 0 Å². The molecule has 0 radical (unpaired) electrons. The van der Waals surface area contributed by atoms with Crippen LogP contribution in [0.2, 0.25) is 0 Å². The summed E-state index contributed by atoms with van der Waals surface area (Å²) in [5, 5.41) is 13.9. The van der Waals surface area contributed by atoms with Crippen molar-refractivity contribution in [2.24, 2.45) is 7.05 Å². The van der Waals surface area contributed by atoms with Gasteiger partial charge in [0.25, 0.3) is 0 Å². The fourth-order valence-corrected chi connectivity index (χ4v) is 4.18. The summed E-state index contributed by atoms with van der Waals surface area (Å²) in [6.45, 7) is 5.82. The fraction of sp³-hybridized carbons (Fsp3) is 0.423. The Morgan fingerprint density at radius 2 is 2.00 bits per heavy atom. The summed E-state index contributed by atoms with van der Waals surface area (Å²) in [6.07, 6.45) is 9.26. The topological polar surface area (TPSA) is 137 Å². The first-order valence-corrected chi connectivity index (χ1v) is 12.4. The monoisotopic (exact) mass is 521 g/mol. The number of nitrogens with zero attached hydrogens (tertiary/aromatic N) is 7. The van der Waals surface area contributed by atoms with Crippen molar-refractivity contribution in [1.82, 2.24) is 40.2 Å². The van der Waals surface area contributed by atoms with Crippen molar-refractivity contribution in [3.05, 3.63) is 59.5 Å². The summed E-state index contributed by atoms with van der Waals surface area (Å²) in [5.41, 5.74) is 2.79. The molecule has 1 atom stereocenters. The van der Waals surface area contributed by atoms with Gasteiger partial charge in [-0.05, 0) is 43.5 Å². The van der Waals surface area contributed by atoms with Crippen LogP contribution in [0.1, 0.15) is 73.7 Å². The molecule has 3 heterocycles. The molecule has 1 aromatic carbocycles. The van der Waals surface area contributed by atoms with E-state index in [4.69, 9.17) is 4.52 Å². The quantitative estimate of drug-likeness (QED) is 0.288. The molecule has 0 saturated heterocycles. The van der Waals surface area contributed by atoms with Crippen LogP contribution in [0.5, 0.6) is 0 Å². The first-order valence-electron chi connectivity index (χ1n) is 12.4. The summed E-state index contributed by atoms with van der Waals surface area (Å²) in [7, 11) is 3.75. The van der Waals surface area contributed by atoms with Gasteiger partial charge in [-0.15, -0.1) is 0 Å². The van der Waals surface area contributed by atoms with Crippen LogP contribution in [0, 0.1) is 5.82 Å². The first kappa shape index (κ1) is 27.0. The van der Waals surface area contributed by atoms with E-state index in [-0.39, 0.29) is 23.1 Å². The number of rotatable bonds is 5. The van der Waals surface area contributed by atoms with Crippen molar-refractivity contribution in [3.8, 4) is 11.4 Å². The van der Waals surface area contributed by atoms with E-state index in [1.54, 1.807) is 16.9 Å². The van der Waals surface area contributed by atoms with E-state index in [1.165, 1.54) is 6.33 Å². The maximum Gasteiger partial charge on any atom is 0.235 e. The number of nitrogens with one attached hydrogen (secondary N) is 2. The lowest BCUT2D eigenvalue weighted by Gasteiger charge is -2.18. The first-order chi connectivity index (χ1) is 18.2. The molecule has 4 aromatic rings. The van der Waals surface area contributed by atoms with Crippen LogP contribution in [0.3, 0.4) is 0 Å². The van der Waals surface area contributed by atoms with Crippen molar-refractivity contribution >= 4 is 17.9 Å². The van der Waals surface area contributed by atoms with Gasteiger partial charge in [0.05, 0.1) is 17.4 Å². The van der Waals surface area contributed by atoms with Gasteiger partial charge < -0.3 is 15.2 Å². The fourth-order valence-electron chi connectivity index (χ4n) is 4.18. The number of halogens is 1. The van der Waals surface area contributed by atoms with Crippen molar-refractivity contribution < 1.29 is 13.7 Å². The van der Waals surface area contributed by atoms with E-state index in [2.05, 4.69) is 40.8 Å². The third kappa shape index (κ3) is 6.25. The Kier molecular flexibility index (Phi) is 8.20. The highest BCUT2D eigenvalue weighted by Gasteiger charge is 2.23. The maximum atomic E-state index is 15.3. The molecule has 2 N–H and O–H groups in total. The average molecular weight is 522 g/mol. The molecule has 12 heteroatoms. The molecular formula is C26H32FN9O2. The van der Waals surface area contributed by atoms with Gasteiger partial charge in [0, 0.05) is 24.7 Å². The van der Waals surface area contributed by atoms with Crippen molar-refractivity contribution in [1.29, 1.82) is 0 Å². The number of aryl methyl sites for hydroxylation is 1. The predicted octanol–water partition coefficient (Wildman–Crippen LogP) is 4.32. The number of anilines is 2. The molecule has 1 unspecified atom stereocenters. The van der Waals surface area contributed by atoms with E-state index in [0.29, 0.717) is 29.5 Å². The summed E-state index contributed by atoms with van der Waals surface area (Å²) in [6, 6.07) is 3.96. The average Bonchev–Trinajstić information content (AvgIpc) is 3.49. The van der Waals surface area contributed by atoms with Crippen LogP contribution in [0.15, 0.2) is 35.4 Å². The molecule has 1 aliphatic carbocycles. The number of benzene rings is 1. The number of aromatic nitrogens is 7. The smallest absolute Gasteiger partial charge is 0.235 e. The van der Waals surface area contributed by atoms with Crippen LogP contribution < -0.4 is 10.6 Å². The number of carbonyl (C=O) groups excluding carboxylic acids is 1. The highest BCUT2D eigenvalue weighted by molar-refractivity contribution is 5.68. The number of hydrogen-bond acceptors (Lipinski definition) is 10. The zero-order valence-corrected chi connectivity index (χ0v) is 22.2. The highest BCUT2D eigenvalue weighted by Crippen LogP contribution is 2.34. The normalized spacial score (nSPS) is 15.2. The lowest BCUT2D eigenvalue weighted by Crippen LogP contribution is -2.17. The summed E-state index contributed by atoms with van der Waals surface area (Å²) < 4.78 is 21.8. The highest BCUT2D eigenvalue weighted by atomic mass is 19.1. The van der Waals surface area contributed by atoms with Gasteiger partial charge in [-0.25, -0.2) is 14.4 Å². The molecule has 11 nitrogen and oxygen atoms in total. The number of carbonyl (C=O) groups is 1. The lowest BCUT2D eigenvalue weighted by molar-refractivity contribution is 0.111. The molecule has 1 aliphatic rings. The molecule has 0 bridgehead atoms. The Morgan fingerprint density at radius 3 is 2.63 bits per heavy atom. The second kappa shape index (κ2) is 11.5. The molecule has 0 spiro atoms. The van der Waals surface area contributed by atoms with Gasteiger partial charge in [0.2, 0.25) is 17.7 Å². The third-order valence-corrected chi connectivity index (χ3v) is 6.14.